The van der Waals surface area contributed by atoms with Crippen molar-refractivity contribution in [1.82, 2.24) is 9.78 Å². The second-order valence-electron chi connectivity index (χ2n) is 1.83. The van der Waals surface area contributed by atoms with Gasteiger partial charge in [0, 0.05) is 11.1 Å². The topological polar surface area (TPSA) is 86.8 Å². The Morgan fingerprint density at radius 1 is 1.82 bits per heavy atom. The second kappa shape index (κ2) is 3.60. The maximum absolute atomic E-state index is 8.54. The molecule has 0 atom stereocenters. The summed E-state index contributed by atoms with van der Waals surface area (Å²) >= 11 is 0. The molecule has 0 aliphatic rings. The molecule has 11 heavy (non-hydrogen) atoms. The van der Waals surface area contributed by atoms with Gasteiger partial charge >= 0.3 is 0 Å². The summed E-state index contributed by atoms with van der Waals surface area (Å²) in [5, 5.41) is 15.7. The van der Waals surface area contributed by atoms with E-state index in [1.807, 2.05) is 0 Å². The van der Waals surface area contributed by atoms with E-state index in [0.29, 0.717) is 12.4 Å². The number of aliphatic hydroxyl groups excluding tert-OH is 1. The molecule has 6 nitrogen and oxygen atoms in total. The van der Waals surface area contributed by atoms with E-state index in [1.54, 1.807) is 6.07 Å². The van der Waals surface area contributed by atoms with E-state index < -0.39 is 0 Å². The Morgan fingerprint density at radius 2 is 2.64 bits per heavy atom. The summed E-state index contributed by atoms with van der Waals surface area (Å²) in [6.07, 6.45) is 1.51. The van der Waals surface area contributed by atoms with E-state index in [1.165, 1.54) is 10.9 Å². The number of aliphatic hydroxyl groups is 1. The van der Waals surface area contributed by atoms with Gasteiger partial charge in [-0.15, -0.1) is 0 Å². The predicted octanol–water partition coefficient (Wildman–Crippen LogP) is 0.817. The Kier molecular flexibility index (Phi) is 2.48. The van der Waals surface area contributed by atoms with Gasteiger partial charge in [-0.1, -0.05) is 0 Å². The van der Waals surface area contributed by atoms with Gasteiger partial charge in [0.25, 0.3) is 0 Å². The van der Waals surface area contributed by atoms with Crippen molar-refractivity contribution in [3.05, 3.63) is 22.7 Å². The Labute approximate surface area is 62.7 Å². The van der Waals surface area contributed by atoms with Crippen molar-refractivity contribution in [2.24, 2.45) is 5.11 Å². The molecule has 0 aliphatic heterocycles. The third kappa shape index (κ3) is 1.70. The van der Waals surface area contributed by atoms with Gasteiger partial charge in [0.15, 0.2) is 0 Å². The van der Waals surface area contributed by atoms with Crippen molar-refractivity contribution in [3.63, 3.8) is 0 Å². The normalized spacial score (nSPS) is 9.18. The van der Waals surface area contributed by atoms with Gasteiger partial charge in [-0.25, -0.2) is 0 Å². The predicted molar refractivity (Wildman–Crippen MR) is 38.1 cm³/mol. The van der Waals surface area contributed by atoms with Gasteiger partial charge in [-0.2, -0.15) is 5.10 Å². The summed E-state index contributed by atoms with van der Waals surface area (Å²) in [6.45, 7) is 0.330. The molecule has 0 aliphatic carbocycles. The van der Waals surface area contributed by atoms with E-state index in [4.69, 9.17) is 10.6 Å². The Bertz CT molecular complexity index is 274. The van der Waals surface area contributed by atoms with Gasteiger partial charge in [0.2, 0.25) is 0 Å². The molecule has 0 fully saturated rings. The quantitative estimate of drug-likeness (QED) is 0.395. The molecule has 1 heterocycles. The van der Waals surface area contributed by atoms with Gasteiger partial charge in [0.1, 0.15) is 5.82 Å². The molecule has 1 aromatic heterocycles. The lowest BCUT2D eigenvalue weighted by Gasteiger charge is -1.98. The zero-order chi connectivity index (χ0) is 8.10. The summed E-state index contributed by atoms with van der Waals surface area (Å²) in [5.41, 5.74) is 8.09. The van der Waals surface area contributed by atoms with Crippen LogP contribution in [0.2, 0.25) is 0 Å². The number of rotatable bonds is 3. The average Bonchev–Trinajstić information content (AvgIpc) is 2.39. The van der Waals surface area contributed by atoms with Crippen LogP contribution in [0.3, 0.4) is 0 Å². The van der Waals surface area contributed by atoms with E-state index >= 15 is 0 Å². The first-order valence-corrected chi connectivity index (χ1v) is 3.06. The molecular formula is C5H7N5O. The number of hydrogen-bond acceptors (Lipinski definition) is 3. The molecule has 0 saturated heterocycles. The van der Waals surface area contributed by atoms with Crippen LogP contribution in [0.4, 0.5) is 5.82 Å². The molecule has 0 radical (unpaired) electrons. The minimum atomic E-state index is -0.0182. The summed E-state index contributed by atoms with van der Waals surface area (Å²) < 4.78 is 1.43. The third-order valence-corrected chi connectivity index (χ3v) is 1.15. The summed E-state index contributed by atoms with van der Waals surface area (Å²) in [4.78, 5) is 2.60. The van der Waals surface area contributed by atoms with Crippen LogP contribution in [0.5, 0.6) is 0 Å². The maximum Gasteiger partial charge on any atom is 0.124 e. The van der Waals surface area contributed by atoms with E-state index in [2.05, 4.69) is 15.1 Å². The first-order chi connectivity index (χ1) is 5.38. The summed E-state index contributed by atoms with van der Waals surface area (Å²) in [6, 6.07) is 1.58. The number of aromatic nitrogens is 2. The van der Waals surface area contributed by atoms with Crippen LogP contribution in [0.1, 0.15) is 0 Å². The van der Waals surface area contributed by atoms with Gasteiger partial charge < -0.3 is 5.11 Å². The van der Waals surface area contributed by atoms with Crippen molar-refractivity contribution < 1.29 is 5.11 Å². The van der Waals surface area contributed by atoms with Crippen molar-refractivity contribution >= 4 is 5.82 Å². The Hall–Kier alpha value is -1.52. The fourth-order valence-corrected chi connectivity index (χ4v) is 0.723. The third-order valence-electron chi connectivity index (χ3n) is 1.15. The lowest BCUT2D eigenvalue weighted by molar-refractivity contribution is 0.270. The Balaban J connectivity index is 2.86. The minimum Gasteiger partial charge on any atom is -0.394 e. The molecule has 0 spiro atoms. The minimum absolute atomic E-state index is 0.0182. The summed E-state index contributed by atoms with van der Waals surface area (Å²) in [7, 11) is 0. The van der Waals surface area contributed by atoms with Crippen LogP contribution in [0.25, 0.3) is 10.4 Å². The van der Waals surface area contributed by atoms with Crippen LogP contribution in [-0.4, -0.2) is 21.5 Å². The zero-order valence-electron chi connectivity index (χ0n) is 5.75. The lowest BCUT2D eigenvalue weighted by atomic mass is 10.6. The highest BCUT2D eigenvalue weighted by atomic mass is 16.3. The summed E-state index contributed by atoms with van der Waals surface area (Å²) in [5.74, 6) is 0.418. The SMILES string of the molecule is [N-]=[N+]=Nc1ccnn1CCO. The molecule has 1 N–H and O–H groups in total. The Morgan fingerprint density at radius 3 is 3.27 bits per heavy atom. The van der Waals surface area contributed by atoms with Crippen molar-refractivity contribution in [1.29, 1.82) is 0 Å². The van der Waals surface area contributed by atoms with E-state index in [0.717, 1.165) is 0 Å². The highest BCUT2D eigenvalue weighted by Crippen LogP contribution is 2.09. The fraction of sp³-hybridized carbons (Fsp3) is 0.400. The molecule has 1 rings (SSSR count). The van der Waals surface area contributed by atoms with Crippen molar-refractivity contribution in [2.75, 3.05) is 6.61 Å². The molecular weight excluding hydrogens is 146 g/mol. The highest BCUT2D eigenvalue weighted by Gasteiger charge is 1.96. The van der Waals surface area contributed by atoms with Crippen LogP contribution in [0, 0.1) is 0 Å². The van der Waals surface area contributed by atoms with Crippen molar-refractivity contribution in [3.8, 4) is 0 Å². The largest absolute Gasteiger partial charge is 0.394 e. The molecule has 0 bridgehead atoms. The van der Waals surface area contributed by atoms with Crippen LogP contribution >= 0.6 is 0 Å². The van der Waals surface area contributed by atoms with E-state index in [-0.39, 0.29) is 6.61 Å². The lowest BCUT2D eigenvalue weighted by Crippen LogP contribution is -2.02. The molecule has 0 saturated carbocycles. The maximum atomic E-state index is 8.54. The number of nitrogens with zero attached hydrogens (tertiary/aromatic N) is 5. The first kappa shape index (κ1) is 7.59. The zero-order valence-corrected chi connectivity index (χ0v) is 5.75. The van der Waals surface area contributed by atoms with Crippen LogP contribution < -0.4 is 0 Å². The monoisotopic (exact) mass is 153 g/mol. The van der Waals surface area contributed by atoms with Crippen molar-refractivity contribution in [2.45, 2.75) is 6.54 Å². The van der Waals surface area contributed by atoms with Gasteiger partial charge in [0.05, 0.1) is 13.2 Å². The standard InChI is InChI=1S/C5H7N5O/c6-9-8-5-1-2-7-10(5)3-4-11/h1-2,11H,3-4H2. The molecule has 0 aromatic carbocycles. The molecule has 58 valence electrons. The van der Waals surface area contributed by atoms with Gasteiger partial charge in [-0.05, 0) is 16.7 Å². The fourth-order valence-electron chi connectivity index (χ4n) is 0.723. The molecule has 0 unspecified atom stereocenters. The molecule has 0 amide bonds. The second-order valence-corrected chi connectivity index (χ2v) is 1.83. The number of hydrogen-bond donors (Lipinski definition) is 1. The molecule has 6 heteroatoms. The van der Waals surface area contributed by atoms with Crippen LogP contribution in [-0.2, 0) is 6.54 Å². The number of azide groups is 1. The first-order valence-electron chi connectivity index (χ1n) is 3.06. The average molecular weight is 153 g/mol. The van der Waals surface area contributed by atoms with E-state index in [9.17, 15) is 0 Å². The van der Waals surface area contributed by atoms with Gasteiger partial charge in [-0.3, -0.25) is 4.68 Å². The highest BCUT2D eigenvalue weighted by molar-refractivity contribution is 5.24. The van der Waals surface area contributed by atoms with Crippen LogP contribution in [0.15, 0.2) is 17.4 Å². The molecule has 1 aromatic rings. The smallest absolute Gasteiger partial charge is 0.124 e.